The number of nitrogens with zero attached hydrogens (tertiary/aromatic N) is 1. The van der Waals surface area contributed by atoms with Crippen LogP contribution in [0.5, 0.6) is 0 Å². The van der Waals surface area contributed by atoms with Gasteiger partial charge in [-0.15, -0.1) is 0 Å². The first-order valence-corrected chi connectivity index (χ1v) is 5.74. The summed E-state index contributed by atoms with van der Waals surface area (Å²) in [6.07, 6.45) is 3.51. The van der Waals surface area contributed by atoms with Gasteiger partial charge in [-0.1, -0.05) is 18.2 Å². The molecule has 0 amide bonds. The highest BCUT2D eigenvalue weighted by Gasteiger charge is 1.99. The first-order valence-electron chi connectivity index (χ1n) is 4.66. The Morgan fingerprint density at radius 3 is 3.00 bits per heavy atom. The molecule has 0 bridgehead atoms. The lowest BCUT2D eigenvalue weighted by Gasteiger charge is -2.07. The molecule has 0 radical (unpaired) electrons. The standard InChI is InChI=1S/C10H11N3O2S/c14-16(15)13-5-8-2-1-3-9(4-8)10-6-11-12-7-10/h1-4,6-7,13H,5H2,(H,11,12)(H,14,15)/p-1. The second-order valence-electron chi connectivity index (χ2n) is 3.24. The molecular formula is C10H10N3O2S-. The summed E-state index contributed by atoms with van der Waals surface area (Å²) in [6.45, 7) is 0.293. The average Bonchev–Trinajstić information content (AvgIpc) is 2.80. The molecule has 1 atom stereocenters. The largest absolute Gasteiger partial charge is 0.760 e. The molecule has 1 unspecified atom stereocenters. The maximum absolute atomic E-state index is 10.4. The molecular weight excluding hydrogens is 226 g/mol. The highest BCUT2D eigenvalue weighted by molar-refractivity contribution is 7.77. The number of hydrogen-bond acceptors (Lipinski definition) is 3. The molecule has 0 aliphatic rings. The van der Waals surface area contributed by atoms with E-state index in [0.29, 0.717) is 6.54 Å². The van der Waals surface area contributed by atoms with Crippen LogP contribution in [0.15, 0.2) is 36.7 Å². The Labute approximate surface area is 95.3 Å². The molecule has 84 valence electrons. The molecule has 0 aliphatic heterocycles. The van der Waals surface area contributed by atoms with Gasteiger partial charge in [-0.25, -0.2) is 4.72 Å². The van der Waals surface area contributed by atoms with Crippen molar-refractivity contribution in [3.63, 3.8) is 0 Å². The number of benzene rings is 1. The van der Waals surface area contributed by atoms with Crippen molar-refractivity contribution in [3.8, 4) is 11.1 Å². The van der Waals surface area contributed by atoms with E-state index >= 15 is 0 Å². The van der Waals surface area contributed by atoms with Crippen LogP contribution in [0.3, 0.4) is 0 Å². The Balaban J connectivity index is 2.17. The van der Waals surface area contributed by atoms with E-state index in [1.165, 1.54) is 0 Å². The molecule has 2 aromatic rings. The van der Waals surface area contributed by atoms with E-state index < -0.39 is 11.3 Å². The Morgan fingerprint density at radius 2 is 2.31 bits per heavy atom. The van der Waals surface area contributed by atoms with Gasteiger partial charge in [0.1, 0.15) is 0 Å². The van der Waals surface area contributed by atoms with E-state index in [1.807, 2.05) is 24.3 Å². The van der Waals surface area contributed by atoms with Gasteiger partial charge >= 0.3 is 0 Å². The number of aromatic nitrogens is 2. The summed E-state index contributed by atoms with van der Waals surface area (Å²) in [7, 11) is 0. The van der Waals surface area contributed by atoms with E-state index in [2.05, 4.69) is 14.9 Å². The summed E-state index contributed by atoms with van der Waals surface area (Å²) in [6, 6.07) is 7.61. The van der Waals surface area contributed by atoms with Crippen LogP contribution < -0.4 is 4.72 Å². The SMILES string of the molecule is O=S([O-])NCc1cccc(-c2cn[nH]c2)c1. The van der Waals surface area contributed by atoms with Crippen LogP contribution in [0.2, 0.25) is 0 Å². The monoisotopic (exact) mass is 236 g/mol. The molecule has 6 heteroatoms. The second-order valence-corrected chi connectivity index (χ2v) is 4.00. The van der Waals surface area contributed by atoms with Crippen molar-refractivity contribution in [1.29, 1.82) is 0 Å². The average molecular weight is 236 g/mol. The molecule has 2 rings (SSSR count). The third-order valence-electron chi connectivity index (χ3n) is 2.15. The van der Waals surface area contributed by atoms with Crippen LogP contribution >= 0.6 is 0 Å². The van der Waals surface area contributed by atoms with E-state index in [0.717, 1.165) is 16.7 Å². The van der Waals surface area contributed by atoms with Crippen LogP contribution in [-0.2, 0) is 17.8 Å². The van der Waals surface area contributed by atoms with Crippen LogP contribution in [-0.4, -0.2) is 19.0 Å². The molecule has 16 heavy (non-hydrogen) atoms. The molecule has 1 aromatic heterocycles. The van der Waals surface area contributed by atoms with Crippen LogP contribution in [0.1, 0.15) is 5.56 Å². The minimum atomic E-state index is -2.23. The van der Waals surface area contributed by atoms with Crippen molar-refractivity contribution in [2.75, 3.05) is 0 Å². The summed E-state index contributed by atoms with van der Waals surface area (Å²) in [5, 5.41) is 6.60. The molecule has 0 fully saturated rings. The molecule has 1 aromatic carbocycles. The van der Waals surface area contributed by atoms with Crippen LogP contribution in [0.25, 0.3) is 11.1 Å². The van der Waals surface area contributed by atoms with Gasteiger partial charge in [0.25, 0.3) is 0 Å². The lowest BCUT2D eigenvalue weighted by atomic mass is 10.1. The Kier molecular flexibility index (Phi) is 3.45. The zero-order chi connectivity index (χ0) is 11.4. The van der Waals surface area contributed by atoms with E-state index in [9.17, 15) is 8.76 Å². The normalized spacial score (nSPS) is 12.6. The summed E-state index contributed by atoms with van der Waals surface area (Å²) >= 11 is -2.23. The van der Waals surface area contributed by atoms with Crippen LogP contribution in [0.4, 0.5) is 0 Å². The van der Waals surface area contributed by atoms with Gasteiger partial charge < -0.3 is 4.55 Å². The minimum Gasteiger partial charge on any atom is -0.760 e. The first-order chi connectivity index (χ1) is 7.75. The van der Waals surface area contributed by atoms with Gasteiger partial charge in [0.15, 0.2) is 0 Å². The van der Waals surface area contributed by atoms with E-state index in [-0.39, 0.29) is 0 Å². The van der Waals surface area contributed by atoms with Crippen molar-refractivity contribution in [1.82, 2.24) is 14.9 Å². The lowest BCUT2D eigenvalue weighted by molar-refractivity contribution is 0.522. The Hall–Kier alpha value is -1.50. The fraction of sp³-hybridized carbons (Fsp3) is 0.100. The molecule has 0 spiro atoms. The molecule has 2 N–H and O–H groups in total. The summed E-state index contributed by atoms with van der Waals surface area (Å²) < 4.78 is 23.0. The van der Waals surface area contributed by atoms with Gasteiger partial charge in [-0.2, -0.15) is 5.10 Å². The first kappa shape index (κ1) is 11.0. The number of aromatic amines is 1. The lowest BCUT2D eigenvalue weighted by Crippen LogP contribution is -2.15. The van der Waals surface area contributed by atoms with Crippen molar-refractivity contribution in [2.24, 2.45) is 0 Å². The fourth-order valence-corrected chi connectivity index (χ4v) is 1.70. The number of hydrogen-bond donors (Lipinski definition) is 2. The highest BCUT2D eigenvalue weighted by atomic mass is 32.2. The fourth-order valence-electron chi connectivity index (χ4n) is 1.41. The molecule has 5 nitrogen and oxygen atoms in total. The molecule has 0 aliphatic carbocycles. The minimum absolute atomic E-state index is 0.293. The zero-order valence-corrected chi connectivity index (χ0v) is 9.16. The maximum Gasteiger partial charge on any atom is 0.0565 e. The number of rotatable bonds is 4. The van der Waals surface area contributed by atoms with Gasteiger partial charge in [0.2, 0.25) is 0 Å². The van der Waals surface area contributed by atoms with Gasteiger partial charge in [-0.05, 0) is 17.2 Å². The Bertz CT molecular complexity index is 485. The smallest absolute Gasteiger partial charge is 0.0565 e. The van der Waals surface area contributed by atoms with Crippen molar-refractivity contribution < 1.29 is 8.76 Å². The van der Waals surface area contributed by atoms with Crippen molar-refractivity contribution in [3.05, 3.63) is 42.2 Å². The van der Waals surface area contributed by atoms with Gasteiger partial charge in [-0.3, -0.25) is 9.31 Å². The Morgan fingerprint density at radius 1 is 1.44 bits per heavy atom. The summed E-state index contributed by atoms with van der Waals surface area (Å²) in [5.74, 6) is 0. The van der Waals surface area contributed by atoms with Crippen molar-refractivity contribution >= 4 is 11.3 Å². The second kappa shape index (κ2) is 5.02. The third-order valence-corrected chi connectivity index (χ3v) is 2.53. The molecule has 1 heterocycles. The zero-order valence-electron chi connectivity index (χ0n) is 8.34. The number of nitrogens with one attached hydrogen (secondary N) is 2. The maximum atomic E-state index is 10.4. The highest BCUT2D eigenvalue weighted by Crippen LogP contribution is 2.18. The third kappa shape index (κ3) is 2.75. The summed E-state index contributed by atoms with van der Waals surface area (Å²) in [4.78, 5) is 0. The van der Waals surface area contributed by atoms with Gasteiger partial charge in [0, 0.05) is 29.6 Å². The molecule has 0 saturated heterocycles. The van der Waals surface area contributed by atoms with Crippen molar-refractivity contribution in [2.45, 2.75) is 6.54 Å². The topological polar surface area (TPSA) is 80.8 Å². The predicted molar refractivity (Wildman–Crippen MR) is 59.8 cm³/mol. The van der Waals surface area contributed by atoms with Gasteiger partial charge in [0.05, 0.1) is 6.20 Å². The van der Waals surface area contributed by atoms with E-state index in [4.69, 9.17) is 0 Å². The van der Waals surface area contributed by atoms with E-state index in [1.54, 1.807) is 12.4 Å². The quantitative estimate of drug-likeness (QED) is 0.776. The number of H-pyrrole nitrogens is 1. The summed E-state index contributed by atoms with van der Waals surface area (Å²) in [5.41, 5.74) is 2.89. The molecule has 0 saturated carbocycles. The predicted octanol–water partition coefficient (Wildman–Crippen LogP) is 0.960. The van der Waals surface area contributed by atoms with Crippen LogP contribution in [0, 0.1) is 0 Å².